The highest BCUT2D eigenvalue weighted by atomic mass is 16.5. The Kier molecular flexibility index (Phi) is 8.40. The second-order valence-electron chi connectivity index (χ2n) is 8.32. The summed E-state index contributed by atoms with van der Waals surface area (Å²) in [5.41, 5.74) is 2.60. The fraction of sp³-hybridized carbons (Fsp3) is 0.520. The molecule has 2 aromatic rings. The first-order valence-electron chi connectivity index (χ1n) is 10.9. The van der Waals surface area contributed by atoms with E-state index in [1.807, 2.05) is 6.07 Å². The molecular formula is C25H36N2O3. The van der Waals surface area contributed by atoms with Crippen molar-refractivity contribution in [1.82, 2.24) is 9.80 Å². The molecule has 30 heavy (non-hydrogen) atoms. The predicted octanol–water partition coefficient (Wildman–Crippen LogP) is 4.10. The number of likely N-dealkylation sites (tertiary alicyclic amines) is 1. The molecule has 0 unspecified atom stereocenters. The summed E-state index contributed by atoms with van der Waals surface area (Å²) >= 11 is 0. The topological polar surface area (TPSA) is 34.2 Å². The molecule has 0 radical (unpaired) electrons. The number of methoxy groups -OCH3 is 3. The zero-order valence-electron chi connectivity index (χ0n) is 18.9. The average molecular weight is 413 g/mol. The maximum Gasteiger partial charge on any atom is 0.122 e. The van der Waals surface area contributed by atoms with Gasteiger partial charge >= 0.3 is 0 Å². The lowest BCUT2D eigenvalue weighted by molar-refractivity contribution is 0.142. The number of ether oxygens (including phenoxy) is 3. The van der Waals surface area contributed by atoms with Gasteiger partial charge in [0.15, 0.2) is 0 Å². The molecule has 1 aliphatic rings. The van der Waals surface area contributed by atoms with E-state index in [1.165, 1.54) is 37.1 Å². The van der Waals surface area contributed by atoms with Crippen LogP contribution in [-0.2, 0) is 13.0 Å². The molecule has 1 saturated heterocycles. The van der Waals surface area contributed by atoms with Crippen LogP contribution in [-0.4, -0.2) is 64.4 Å². The van der Waals surface area contributed by atoms with Crippen LogP contribution in [0.2, 0.25) is 0 Å². The van der Waals surface area contributed by atoms with E-state index < -0.39 is 0 Å². The van der Waals surface area contributed by atoms with Crippen molar-refractivity contribution in [2.24, 2.45) is 5.92 Å². The van der Waals surface area contributed by atoms with Crippen LogP contribution in [0.4, 0.5) is 0 Å². The molecule has 1 aliphatic heterocycles. The normalized spacial score (nSPS) is 17.2. The first-order valence-corrected chi connectivity index (χ1v) is 10.9. The maximum absolute atomic E-state index is 5.41. The average Bonchev–Trinajstić information content (AvgIpc) is 2.77. The Labute approximate surface area is 181 Å². The molecule has 5 heteroatoms. The number of benzene rings is 2. The minimum absolute atomic E-state index is 0.715. The van der Waals surface area contributed by atoms with Crippen molar-refractivity contribution in [3.05, 3.63) is 53.6 Å². The van der Waals surface area contributed by atoms with Crippen LogP contribution in [0.15, 0.2) is 42.5 Å². The van der Waals surface area contributed by atoms with Gasteiger partial charge < -0.3 is 24.0 Å². The summed E-state index contributed by atoms with van der Waals surface area (Å²) in [6.45, 7) is 5.53. The van der Waals surface area contributed by atoms with Gasteiger partial charge in [-0.25, -0.2) is 0 Å². The van der Waals surface area contributed by atoms with Gasteiger partial charge in [-0.3, -0.25) is 0 Å². The summed E-state index contributed by atoms with van der Waals surface area (Å²) in [6, 6.07) is 14.6. The Balaban J connectivity index is 1.48. The van der Waals surface area contributed by atoms with E-state index >= 15 is 0 Å². The van der Waals surface area contributed by atoms with Crippen molar-refractivity contribution in [3.63, 3.8) is 0 Å². The Morgan fingerprint density at radius 1 is 0.900 bits per heavy atom. The molecule has 0 aromatic heterocycles. The lowest BCUT2D eigenvalue weighted by Gasteiger charge is -2.34. The van der Waals surface area contributed by atoms with Crippen LogP contribution >= 0.6 is 0 Å². The van der Waals surface area contributed by atoms with Gasteiger partial charge in [0.05, 0.1) is 21.3 Å². The monoisotopic (exact) mass is 412 g/mol. The van der Waals surface area contributed by atoms with E-state index in [1.54, 1.807) is 21.3 Å². The summed E-state index contributed by atoms with van der Waals surface area (Å²) in [4.78, 5) is 5.05. The molecular weight excluding hydrogens is 376 g/mol. The summed E-state index contributed by atoms with van der Waals surface area (Å²) < 4.78 is 16.1. The van der Waals surface area contributed by atoms with Gasteiger partial charge in [0.1, 0.15) is 17.2 Å². The summed E-state index contributed by atoms with van der Waals surface area (Å²) in [7, 11) is 7.32. The molecule has 0 bridgehead atoms. The minimum atomic E-state index is 0.715. The number of piperidine rings is 1. The van der Waals surface area contributed by atoms with Gasteiger partial charge in [0.2, 0.25) is 0 Å². The number of nitrogens with zero attached hydrogens (tertiary/aromatic N) is 2. The third kappa shape index (κ3) is 6.64. The van der Waals surface area contributed by atoms with Crippen molar-refractivity contribution in [2.75, 3.05) is 54.6 Å². The van der Waals surface area contributed by atoms with Gasteiger partial charge in [0.25, 0.3) is 0 Å². The van der Waals surface area contributed by atoms with Crippen molar-refractivity contribution < 1.29 is 14.2 Å². The minimum Gasteiger partial charge on any atom is -0.497 e. The van der Waals surface area contributed by atoms with Crippen LogP contribution in [0.1, 0.15) is 24.0 Å². The summed E-state index contributed by atoms with van der Waals surface area (Å²) in [5.74, 6) is 3.33. The van der Waals surface area contributed by atoms with E-state index in [-0.39, 0.29) is 0 Å². The molecule has 0 spiro atoms. The zero-order chi connectivity index (χ0) is 21.3. The highest BCUT2D eigenvalue weighted by Crippen LogP contribution is 2.24. The van der Waals surface area contributed by atoms with E-state index in [0.717, 1.165) is 43.3 Å². The van der Waals surface area contributed by atoms with Crippen molar-refractivity contribution in [3.8, 4) is 17.2 Å². The van der Waals surface area contributed by atoms with Gasteiger partial charge in [-0.05, 0) is 74.2 Å². The quantitative estimate of drug-likeness (QED) is 0.587. The van der Waals surface area contributed by atoms with Crippen molar-refractivity contribution in [1.29, 1.82) is 0 Å². The smallest absolute Gasteiger partial charge is 0.122 e. The Morgan fingerprint density at radius 3 is 2.20 bits per heavy atom. The van der Waals surface area contributed by atoms with Gasteiger partial charge in [-0.15, -0.1) is 0 Å². The Morgan fingerprint density at radius 2 is 1.57 bits per heavy atom. The molecule has 2 aromatic carbocycles. The number of rotatable bonds is 10. The molecule has 0 N–H and O–H groups in total. The SMILES string of the molecule is COc1ccc(CCN2CCC[C@@H](CN(C)Cc3cc(OC)cc(OC)c3)C2)cc1. The first kappa shape index (κ1) is 22.4. The molecule has 1 fully saturated rings. The molecule has 0 saturated carbocycles. The molecule has 0 aliphatic carbocycles. The first-order chi connectivity index (χ1) is 14.6. The predicted molar refractivity (Wildman–Crippen MR) is 122 cm³/mol. The van der Waals surface area contributed by atoms with E-state index in [0.29, 0.717) is 5.92 Å². The third-order valence-corrected chi connectivity index (χ3v) is 5.91. The Bertz CT molecular complexity index is 756. The number of hydrogen-bond acceptors (Lipinski definition) is 5. The lowest BCUT2D eigenvalue weighted by atomic mass is 9.97. The zero-order valence-corrected chi connectivity index (χ0v) is 18.9. The molecule has 164 valence electrons. The standard InChI is InChI=1S/C25H36N2O3/c1-26(18-22-14-24(29-3)16-25(15-22)30-4)17-21-6-5-12-27(19-21)13-11-20-7-9-23(28-2)10-8-20/h7-10,14-16,21H,5-6,11-13,17-19H2,1-4H3/t21-/m0/s1. The molecule has 1 atom stereocenters. The fourth-order valence-corrected chi connectivity index (χ4v) is 4.36. The van der Waals surface area contributed by atoms with Crippen molar-refractivity contribution >= 4 is 0 Å². The second kappa shape index (κ2) is 11.2. The van der Waals surface area contributed by atoms with Gasteiger partial charge in [-0.2, -0.15) is 0 Å². The highest BCUT2D eigenvalue weighted by Gasteiger charge is 2.21. The molecule has 1 heterocycles. The van der Waals surface area contributed by atoms with Crippen LogP contribution in [0.25, 0.3) is 0 Å². The van der Waals surface area contributed by atoms with Gasteiger partial charge in [0, 0.05) is 32.2 Å². The van der Waals surface area contributed by atoms with Crippen LogP contribution < -0.4 is 14.2 Å². The largest absolute Gasteiger partial charge is 0.497 e. The van der Waals surface area contributed by atoms with Crippen LogP contribution in [0, 0.1) is 5.92 Å². The lowest BCUT2D eigenvalue weighted by Crippen LogP contribution is -2.40. The third-order valence-electron chi connectivity index (χ3n) is 5.91. The number of hydrogen-bond donors (Lipinski definition) is 0. The Hall–Kier alpha value is -2.24. The van der Waals surface area contributed by atoms with Crippen LogP contribution in [0.3, 0.4) is 0 Å². The summed E-state index contributed by atoms with van der Waals surface area (Å²) in [6.07, 6.45) is 3.69. The second-order valence-corrected chi connectivity index (χ2v) is 8.32. The molecule has 3 rings (SSSR count). The van der Waals surface area contributed by atoms with E-state index in [2.05, 4.69) is 53.2 Å². The highest BCUT2D eigenvalue weighted by molar-refractivity contribution is 5.38. The fourth-order valence-electron chi connectivity index (χ4n) is 4.36. The molecule has 5 nitrogen and oxygen atoms in total. The maximum atomic E-state index is 5.41. The van der Waals surface area contributed by atoms with E-state index in [4.69, 9.17) is 14.2 Å². The van der Waals surface area contributed by atoms with Crippen LogP contribution in [0.5, 0.6) is 17.2 Å². The summed E-state index contributed by atoms with van der Waals surface area (Å²) in [5, 5.41) is 0. The van der Waals surface area contributed by atoms with Gasteiger partial charge in [-0.1, -0.05) is 12.1 Å². The molecule has 0 amide bonds. The van der Waals surface area contributed by atoms with Crippen molar-refractivity contribution in [2.45, 2.75) is 25.8 Å². The van der Waals surface area contributed by atoms with E-state index in [9.17, 15) is 0 Å².